The van der Waals surface area contributed by atoms with Crippen LogP contribution >= 0.6 is 0 Å². The summed E-state index contributed by atoms with van der Waals surface area (Å²) in [5.41, 5.74) is 0. The normalized spacial score (nSPS) is 0.333. The summed E-state index contributed by atoms with van der Waals surface area (Å²) in [4.78, 5) is 0. The minimum Gasteiger partial charge on any atom is -0.512 e. The minimum absolute atomic E-state index is 0. The Balaban J connectivity index is -0.000000000833. The van der Waals surface area contributed by atoms with E-state index in [-0.39, 0.29) is 87.5 Å². The molecule has 0 aromatic carbocycles. The van der Waals surface area contributed by atoms with Crippen LogP contribution in [0, 0.1) is 11.8 Å². The van der Waals surface area contributed by atoms with Crippen LogP contribution in [0.5, 0.6) is 0 Å². The molecule has 0 saturated carbocycles. The summed E-state index contributed by atoms with van der Waals surface area (Å²) in [5, 5.41) is 6.25. The third-order valence-corrected chi connectivity index (χ3v) is 0. The summed E-state index contributed by atoms with van der Waals surface area (Å²) < 4.78 is 0. The third-order valence-electron chi connectivity index (χ3n) is 0. The Morgan fingerprint density at radius 1 is 1.17 bits per heavy atom. The second-order valence-electron chi connectivity index (χ2n) is 0. The first-order valence-electron chi connectivity index (χ1n) is 0.224. The summed E-state index contributed by atoms with van der Waals surface area (Å²) in [6.45, 7) is 4.75. The van der Waals surface area contributed by atoms with E-state index in [9.17, 15) is 0 Å². The molecule has 0 aromatic rings. The van der Waals surface area contributed by atoms with Gasteiger partial charge in [0.05, 0.1) is 0 Å². The van der Waals surface area contributed by atoms with Gasteiger partial charge in [-0.1, -0.05) is 0 Å². The van der Waals surface area contributed by atoms with Crippen molar-refractivity contribution in [3.05, 3.63) is 6.57 Å². The zero-order valence-electron chi connectivity index (χ0n) is 2.75. The van der Waals surface area contributed by atoms with Crippen LogP contribution < -0.4 is 0 Å². The zero-order chi connectivity index (χ0) is 2.00. The van der Waals surface area contributed by atoms with Gasteiger partial charge in [0.25, 0.3) is 0 Å². The van der Waals surface area contributed by atoms with Gasteiger partial charge in [0.1, 0.15) is 0 Å². The molecule has 0 aliphatic rings. The summed E-state index contributed by atoms with van der Waals surface area (Å²) in [5.74, 6) is 0. The molecule has 0 spiro atoms. The molecular formula is CMoNNbTaTi-. The van der Waals surface area contributed by atoms with Gasteiger partial charge in [-0.25, -0.2) is 0 Å². The Hall–Kier alpha value is 2.37. The Bertz CT molecular complexity index is 20.3. The van der Waals surface area contributed by atoms with Crippen LogP contribution in [-0.4, -0.2) is 0 Å². The van der Waals surface area contributed by atoms with Gasteiger partial charge >= 0.3 is 0 Å². The SMILES string of the molecule is [C-]#N.[Mo].[Nb].[Ta].[Ti]. The van der Waals surface area contributed by atoms with Crippen molar-refractivity contribution in [1.82, 2.24) is 0 Å². The summed E-state index contributed by atoms with van der Waals surface area (Å²) in [7, 11) is 0. The van der Waals surface area contributed by atoms with E-state index < -0.39 is 0 Å². The van der Waals surface area contributed by atoms with Gasteiger partial charge in [0.2, 0.25) is 0 Å². The van der Waals surface area contributed by atoms with E-state index in [0.717, 1.165) is 0 Å². The van der Waals surface area contributed by atoms with Crippen molar-refractivity contribution in [2.75, 3.05) is 0 Å². The summed E-state index contributed by atoms with van der Waals surface area (Å²) in [6, 6.07) is 0. The van der Waals surface area contributed by atoms with Crippen LogP contribution in [0.15, 0.2) is 0 Å². The molecule has 0 bridgehead atoms. The maximum absolute atomic E-state index is 6.25. The van der Waals surface area contributed by atoms with Gasteiger partial charge in [-0.2, -0.15) is 0 Å². The molecule has 0 saturated heterocycles. The zero-order valence-corrected chi connectivity index (χ0v) is 11.7. The molecule has 0 atom stereocenters. The first-order valence-corrected chi connectivity index (χ1v) is 0.224. The fourth-order valence-corrected chi connectivity index (χ4v) is 0. The van der Waals surface area contributed by atoms with Crippen LogP contribution in [0.3, 0.4) is 0 Å². The van der Waals surface area contributed by atoms with Crippen molar-refractivity contribution in [3.8, 4) is 0 Å². The van der Waals surface area contributed by atoms with Crippen LogP contribution in [0.25, 0.3) is 0 Å². The van der Waals surface area contributed by atoms with E-state index in [4.69, 9.17) is 11.8 Å². The van der Waals surface area contributed by atoms with Gasteiger partial charge in [-0.3, -0.25) is 0 Å². The largest absolute Gasteiger partial charge is 0.512 e. The molecule has 2 radical (unpaired) electrons. The minimum atomic E-state index is 0. The Morgan fingerprint density at radius 2 is 1.17 bits per heavy atom. The Labute approximate surface area is 97.8 Å². The molecular weight excluding hydrogens is 444 g/mol. The molecule has 0 aliphatic carbocycles. The van der Waals surface area contributed by atoms with Crippen molar-refractivity contribution >= 4 is 0 Å². The Kier molecular flexibility index (Phi) is 355. The average molecular weight is 444 g/mol. The Morgan fingerprint density at radius 3 is 1.17 bits per heavy atom. The van der Waals surface area contributed by atoms with E-state index in [1.807, 2.05) is 0 Å². The van der Waals surface area contributed by atoms with Crippen LogP contribution in [0.4, 0.5) is 0 Å². The van der Waals surface area contributed by atoms with Crippen molar-refractivity contribution < 1.29 is 87.5 Å². The fraction of sp³-hybridized carbons (Fsp3) is 0. The molecule has 30 valence electrons. The second kappa shape index (κ2) is 53.2. The van der Waals surface area contributed by atoms with E-state index in [1.165, 1.54) is 0 Å². The predicted octanol–water partition coefficient (Wildman–Crippen LogP) is 0.0864. The molecule has 5 heteroatoms. The van der Waals surface area contributed by atoms with Crippen molar-refractivity contribution in [2.24, 2.45) is 0 Å². The van der Waals surface area contributed by atoms with Crippen LogP contribution in [0.2, 0.25) is 0 Å². The fourth-order valence-electron chi connectivity index (χ4n) is 0. The number of nitrogens with zero attached hydrogens (tertiary/aromatic N) is 1. The van der Waals surface area contributed by atoms with Gasteiger partial charge in [-0.15, -0.1) is 0 Å². The van der Waals surface area contributed by atoms with Crippen molar-refractivity contribution in [1.29, 1.82) is 5.26 Å². The van der Waals surface area contributed by atoms with Crippen molar-refractivity contribution in [2.45, 2.75) is 0 Å². The first kappa shape index (κ1) is 40.0. The topological polar surface area (TPSA) is 23.8 Å². The molecule has 0 rings (SSSR count). The number of hydrogen-bond acceptors (Lipinski definition) is 1. The second-order valence-corrected chi connectivity index (χ2v) is 0. The molecule has 6 heavy (non-hydrogen) atoms. The van der Waals surface area contributed by atoms with E-state index in [2.05, 4.69) is 0 Å². The van der Waals surface area contributed by atoms with Gasteiger partial charge < -0.3 is 11.8 Å². The first-order chi connectivity index (χ1) is 1.00. The molecule has 0 unspecified atom stereocenters. The quantitative estimate of drug-likeness (QED) is 0.385. The molecule has 0 N–H and O–H groups in total. The van der Waals surface area contributed by atoms with Gasteiger partial charge in [0.15, 0.2) is 0 Å². The van der Waals surface area contributed by atoms with E-state index in [0.29, 0.717) is 0 Å². The standard InChI is InChI=1S/CN.Mo.Nb.Ta.Ti/c1-2;;;;/q-1;;;;. The summed E-state index contributed by atoms with van der Waals surface area (Å²) >= 11 is 0. The summed E-state index contributed by atoms with van der Waals surface area (Å²) in [6.07, 6.45) is 0. The van der Waals surface area contributed by atoms with Gasteiger partial charge in [-0.05, 0) is 0 Å². The number of hydrogen-bond donors (Lipinski definition) is 0. The average Bonchev–Trinajstić information content (AvgIpc) is 1.00. The van der Waals surface area contributed by atoms with Crippen molar-refractivity contribution in [3.63, 3.8) is 0 Å². The predicted molar refractivity (Wildman–Crippen MR) is 4.97 cm³/mol. The smallest absolute Gasteiger partial charge is 0 e. The van der Waals surface area contributed by atoms with E-state index >= 15 is 0 Å². The number of rotatable bonds is 0. The van der Waals surface area contributed by atoms with Crippen LogP contribution in [-0.2, 0) is 87.5 Å². The molecule has 0 fully saturated rings. The molecule has 0 amide bonds. The van der Waals surface area contributed by atoms with Crippen LogP contribution in [0.1, 0.15) is 0 Å². The molecule has 0 heterocycles. The maximum atomic E-state index is 6.25. The molecule has 1 nitrogen and oxygen atoms in total. The van der Waals surface area contributed by atoms with Gasteiger partial charge in [0, 0.05) is 87.5 Å². The molecule has 0 aliphatic heterocycles. The van der Waals surface area contributed by atoms with E-state index in [1.54, 1.807) is 0 Å². The third kappa shape index (κ3) is 32.7. The maximum Gasteiger partial charge on any atom is 0 e. The monoisotopic (exact) mass is 446 g/mol. The molecule has 0 aromatic heterocycles.